The normalized spacial score (nSPS) is 27.9. The summed E-state index contributed by atoms with van der Waals surface area (Å²) in [7, 11) is 3.13. The lowest BCUT2D eigenvalue weighted by molar-refractivity contribution is -0.143. The van der Waals surface area contributed by atoms with Crippen molar-refractivity contribution in [1.29, 1.82) is 0 Å². The zero-order valence-corrected chi connectivity index (χ0v) is 26.6. The van der Waals surface area contributed by atoms with Crippen molar-refractivity contribution in [2.24, 2.45) is 11.8 Å². The molecule has 8 nitrogen and oxygen atoms in total. The third kappa shape index (κ3) is 6.20. The maximum Gasteiger partial charge on any atom is 0.306 e. The van der Waals surface area contributed by atoms with Crippen molar-refractivity contribution in [3.63, 3.8) is 0 Å². The van der Waals surface area contributed by atoms with Crippen LogP contribution in [0.4, 0.5) is 18.9 Å². The number of methoxy groups -OCH3 is 2. The van der Waals surface area contributed by atoms with Crippen molar-refractivity contribution in [2.45, 2.75) is 62.1 Å². The van der Waals surface area contributed by atoms with Gasteiger partial charge in [0, 0.05) is 81.9 Å². The molecule has 0 unspecified atom stereocenters. The van der Waals surface area contributed by atoms with E-state index in [0.717, 1.165) is 31.2 Å². The quantitative estimate of drug-likeness (QED) is 0.402. The van der Waals surface area contributed by atoms with Gasteiger partial charge >= 0.3 is 5.97 Å². The average molecular weight is 644 g/mol. The van der Waals surface area contributed by atoms with Gasteiger partial charge in [-0.05, 0) is 55.0 Å². The summed E-state index contributed by atoms with van der Waals surface area (Å²) in [6.07, 6.45) is 4.95. The Bertz CT molecular complexity index is 1410. The summed E-state index contributed by atoms with van der Waals surface area (Å²) in [6, 6.07) is 9.88. The minimum atomic E-state index is -2.17. The Morgan fingerprint density at radius 2 is 1.63 bits per heavy atom. The number of likely N-dealkylation sites (tertiary alicyclic amines) is 2. The zero-order chi connectivity index (χ0) is 32.6. The van der Waals surface area contributed by atoms with Gasteiger partial charge in [-0.1, -0.05) is 25.0 Å². The first-order chi connectivity index (χ1) is 22.1. The molecule has 3 aliphatic heterocycles. The van der Waals surface area contributed by atoms with Crippen LogP contribution in [0.2, 0.25) is 0 Å². The fraction of sp³-hybridized carbons (Fsp3) is 0.600. The van der Waals surface area contributed by atoms with Crippen LogP contribution >= 0.6 is 0 Å². The van der Waals surface area contributed by atoms with E-state index in [9.17, 15) is 23.5 Å². The topological polar surface area (TPSA) is 82.6 Å². The summed E-state index contributed by atoms with van der Waals surface area (Å²) in [6.45, 7) is 1.84. The highest BCUT2D eigenvalue weighted by Crippen LogP contribution is 2.46. The molecule has 0 spiro atoms. The molecule has 2 aromatic carbocycles. The SMILES string of the molecule is COC[C@H]1CN(C(=O)[C@]2(F)CN(C3CCCC3)C[C@H]2c2ccc(OC)cc2)C[C@@H]1c1cc(F)c(F)cc1N1CCC(C(=O)O)CC1. The molecule has 4 atom stereocenters. The fourth-order valence-electron chi connectivity index (χ4n) is 8.34. The smallest absolute Gasteiger partial charge is 0.306 e. The number of anilines is 1. The molecule has 4 aliphatic rings. The number of carbonyl (C=O) groups is 2. The molecule has 0 radical (unpaired) electrons. The maximum atomic E-state index is 17.6. The standard InChI is InChI=1S/C35H44F3N3O5/c1-45-20-24-17-40(18-28(24)27-15-30(36)31(37)16-32(27)39-13-11-23(12-14-39)33(42)43)34(44)35(38)21-41(25-5-3-4-6-25)19-29(35)22-7-9-26(46-2)10-8-22/h7-10,15-16,23-25,28-29H,3-6,11-14,17-21H2,1-2H3,(H,42,43)/t24-,28+,29+,35+/m1/s1. The number of ether oxygens (including phenoxy) is 2. The van der Waals surface area contributed by atoms with Gasteiger partial charge in [0.2, 0.25) is 5.67 Å². The van der Waals surface area contributed by atoms with Gasteiger partial charge in [0.25, 0.3) is 5.91 Å². The molecule has 6 rings (SSSR count). The van der Waals surface area contributed by atoms with Gasteiger partial charge in [-0.3, -0.25) is 14.5 Å². The van der Waals surface area contributed by atoms with Crippen LogP contribution in [0.15, 0.2) is 36.4 Å². The average Bonchev–Trinajstić information content (AvgIpc) is 3.82. The molecule has 0 aromatic heterocycles. The van der Waals surface area contributed by atoms with Crippen LogP contribution in [-0.2, 0) is 14.3 Å². The van der Waals surface area contributed by atoms with Gasteiger partial charge in [-0.15, -0.1) is 0 Å². The van der Waals surface area contributed by atoms with E-state index < -0.39 is 46.9 Å². The highest BCUT2D eigenvalue weighted by molar-refractivity contribution is 5.88. The third-order valence-corrected chi connectivity index (χ3v) is 10.9. The predicted molar refractivity (Wildman–Crippen MR) is 167 cm³/mol. The second kappa shape index (κ2) is 13.4. The number of hydrogen-bond acceptors (Lipinski definition) is 6. The molecule has 250 valence electrons. The highest BCUT2D eigenvalue weighted by atomic mass is 19.2. The Balaban J connectivity index is 1.30. The van der Waals surface area contributed by atoms with Crippen molar-refractivity contribution in [1.82, 2.24) is 9.80 Å². The van der Waals surface area contributed by atoms with Gasteiger partial charge in [-0.25, -0.2) is 13.2 Å². The summed E-state index contributed by atoms with van der Waals surface area (Å²) in [5.41, 5.74) is -0.403. The van der Waals surface area contributed by atoms with E-state index in [2.05, 4.69) is 4.90 Å². The summed E-state index contributed by atoms with van der Waals surface area (Å²) in [4.78, 5) is 31.6. The number of aliphatic carboxylic acids is 1. The van der Waals surface area contributed by atoms with E-state index in [1.54, 1.807) is 31.3 Å². The van der Waals surface area contributed by atoms with E-state index >= 15 is 4.39 Å². The number of rotatable bonds is 9. The molecule has 1 aliphatic carbocycles. The first-order valence-electron chi connectivity index (χ1n) is 16.4. The molecule has 1 amide bonds. The van der Waals surface area contributed by atoms with E-state index in [4.69, 9.17) is 9.47 Å². The van der Waals surface area contributed by atoms with E-state index in [1.165, 1.54) is 12.1 Å². The number of piperidine rings is 1. The van der Waals surface area contributed by atoms with Gasteiger partial charge < -0.3 is 24.4 Å². The van der Waals surface area contributed by atoms with Crippen LogP contribution in [-0.4, -0.2) is 98.6 Å². The first kappa shape index (κ1) is 32.6. The number of carboxylic acid groups (broad SMARTS) is 1. The Morgan fingerprint density at radius 3 is 2.26 bits per heavy atom. The van der Waals surface area contributed by atoms with Crippen LogP contribution in [0.1, 0.15) is 61.5 Å². The summed E-state index contributed by atoms with van der Waals surface area (Å²) < 4.78 is 57.9. The summed E-state index contributed by atoms with van der Waals surface area (Å²) in [5, 5.41) is 9.46. The Morgan fingerprint density at radius 1 is 0.957 bits per heavy atom. The van der Waals surface area contributed by atoms with Crippen LogP contribution in [0.5, 0.6) is 5.75 Å². The Kier molecular flexibility index (Phi) is 9.53. The van der Waals surface area contributed by atoms with E-state index in [-0.39, 0.29) is 38.2 Å². The van der Waals surface area contributed by atoms with E-state index in [0.29, 0.717) is 49.5 Å². The lowest BCUT2D eigenvalue weighted by Gasteiger charge is -2.35. The molecule has 11 heteroatoms. The maximum absolute atomic E-state index is 17.6. The monoisotopic (exact) mass is 643 g/mol. The number of hydrogen-bond donors (Lipinski definition) is 1. The summed E-state index contributed by atoms with van der Waals surface area (Å²) >= 11 is 0. The summed E-state index contributed by atoms with van der Waals surface area (Å²) in [5.74, 6) is -4.62. The molecular weight excluding hydrogens is 599 g/mol. The molecule has 2 aromatic rings. The van der Waals surface area contributed by atoms with Crippen molar-refractivity contribution in [3.8, 4) is 5.75 Å². The van der Waals surface area contributed by atoms with Gasteiger partial charge in [-0.2, -0.15) is 0 Å². The fourth-order valence-corrected chi connectivity index (χ4v) is 8.34. The predicted octanol–water partition coefficient (Wildman–Crippen LogP) is 5.21. The molecular formula is C35H44F3N3O5. The van der Waals surface area contributed by atoms with Crippen LogP contribution in [0, 0.1) is 23.5 Å². The van der Waals surface area contributed by atoms with E-state index in [1.807, 2.05) is 17.0 Å². The van der Waals surface area contributed by atoms with Crippen LogP contribution in [0.25, 0.3) is 0 Å². The first-order valence-corrected chi connectivity index (χ1v) is 16.4. The number of nitrogens with zero attached hydrogens (tertiary/aromatic N) is 3. The van der Waals surface area contributed by atoms with Crippen LogP contribution < -0.4 is 9.64 Å². The van der Waals surface area contributed by atoms with Crippen molar-refractivity contribution in [2.75, 3.05) is 65.0 Å². The Labute approximate surface area is 268 Å². The third-order valence-electron chi connectivity index (χ3n) is 10.9. The number of alkyl halides is 1. The number of benzene rings is 2. The number of carboxylic acids is 1. The van der Waals surface area contributed by atoms with Gasteiger partial charge in [0.15, 0.2) is 11.6 Å². The van der Waals surface area contributed by atoms with Crippen LogP contribution in [0.3, 0.4) is 0 Å². The van der Waals surface area contributed by atoms with Crippen molar-refractivity contribution >= 4 is 17.6 Å². The Hall–Kier alpha value is -3.31. The molecule has 1 saturated carbocycles. The second-order valence-electron chi connectivity index (χ2n) is 13.5. The number of amides is 1. The lowest BCUT2D eigenvalue weighted by atomic mass is 9.85. The largest absolute Gasteiger partial charge is 0.497 e. The molecule has 3 heterocycles. The van der Waals surface area contributed by atoms with Crippen molar-refractivity contribution in [3.05, 3.63) is 59.2 Å². The molecule has 0 bridgehead atoms. The number of halogens is 3. The molecule has 1 N–H and O–H groups in total. The number of carbonyl (C=O) groups excluding carboxylic acids is 1. The zero-order valence-electron chi connectivity index (χ0n) is 26.6. The van der Waals surface area contributed by atoms with Gasteiger partial charge in [0.1, 0.15) is 5.75 Å². The molecule has 4 fully saturated rings. The minimum Gasteiger partial charge on any atom is -0.497 e. The minimum absolute atomic E-state index is 0.0122. The highest BCUT2D eigenvalue weighted by Gasteiger charge is 2.57. The molecule has 46 heavy (non-hydrogen) atoms. The van der Waals surface area contributed by atoms with Crippen molar-refractivity contribution < 1.29 is 37.3 Å². The molecule has 3 saturated heterocycles. The van der Waals surface area contributed by atoms with Gasteiger partial charge in [0.05, 0.1) is 19.6 Å². The second-order valence-corrected chi connectivity index (χ2v) is 13.5. The lowest BCUT2D eigenvalue weighted by Crippen LogP contribution is -2.50.